The number of hydrogen-bond acceptors (Lipinski definition) is 3. The second-order valence-corrected chi connectivity index (χ2v) is 5.38. The van der Waals surface area contributed by atoms with Crippen LogP contribution in [0.1, 0.15) is 27.2 Å². The van der Waals surface area contributed by atoms with Crippen molar-refractivity contribution in [2.45, 2.75) is 39.3 Å². The zero-order chi connectivity index (χ0) is 15.2. The van der Waals surface area contributed by atoms with Gasteiger partial charge in [-0.2, -0.15) is 8.78 Å². The topological polar surface area (TPSA) is 50.4 Å². The Morgan fingerprint density at radius 3 is 2.35 bits per heavy atom. The lowest BCUT2D eigenvalue weighted by Crippen LogP contribution is -2.37. The van der Waals surface area contributed by atoms with Crippen molar-refractivity contribution in [3.63, 3.8) is 0 Å². The summed E-state index contributed by atoms with van der Waals surface area (Å²) in [6.45, 7) is 3.78. The molecule has 2 N–H and O–H groups in total. The monoisotopic (exact) mass is 286 g/mol. The molecule has 0 fully saturated rings. The molecule has 0 heterocycles. The quantitative estimate of drug-likeness (QED) is 0.845. The number of nitrogens with one attached hydrogen (secondary N) is 2. The maximum Gasteiger partial charge on any atom is 0.387 e. The summed E-state index contributed by atoms with van der Waals surface area (Å²) in [5.74, 6) is -0.0725. The summed E-state index contributed by atoms with van der Waals surface area (Å²) in [6, 6.07) is 5.81. The number of hydrogen-bond donors (Lipinski definition) is 2. The minimum Gasteiger partial charge on any atom is -0.435 e. The highest BCUT2D eigenvalue weighted by Crippen LogP contribution is 2.17. The smallest absolute Gasteiger partial charge is 0.387 e. The van der Waals surface area contributed by atoms with Crippen LogP contribution in [0.3, 0.4) is 0 Å². The molecule has 0 bridgehead atoms. The standard InChI is InChI=1S/C14H20F2N2O2/c1-14(2,3)17-9-8-12(19)18-10-4-6-11(7-5-10)20-13(15)16/h4-7,13,17H,8-9H2,1-3H3,(H,18,19). The predicted octanol–water partition coefficient (Wildman–Crippen LogP) is 3.00. The molecule has 0 aliphatic rings. The minimum atomic E-state index is -2.85. The van der Waals surface area contributed by atoms with Crippen molar-refractivity contribution in [1.29, 1.82) is 0 Å². The van der Waals surface area contributed by atoms with Gasteiger partial charge in [0.2, 0.25) is 5.91 Å². The Morgan fingerprint density at radius 2 is 1.85 bits per heavy atom. The van der Waals surface area contributed by atoms with Crippen molar-refractivity contribution in [1.82, 2.24) is 5.32 Å². The average molecular weight is 286 g/mol. The fraction of sp³-hybridized carbons (Fsp3) is 0.500. The molecule has 1 amide bonds. The Kier molecular flexibility index (Phi) is 5.88. The Bertz CT molecular complexity index is 428. The van der Waals surface area contributed by atoms with Gasteiger partial charge in [0.25, 0.3) is 0 Å². The van der Waals surface area contributed by atoms with Gasteiger partial charge in [-0.1, -0.05) is 0 Å². The van der Waals surface area contributed by atoms with Crippen molar-refractivity contribution < 1.29 is 18.3 Å². The van der Waals surface area contributed by atoms with Crippen LogP contribution in [0.4, 0.5) is 14.5 Å². The second-order valence-electron chi connectivity index (χ2n) is 5.38. The first-order valence-electron chi connectivity index (χ1n) is 6.36. The SMILES string of the molecule is CC(C)(C)NCCC(=O)Nc1ccc(OC(F)F)cc1. The van der Waals surface area contributed by atoms with Crippen LogP contribution in [-0.2, 0) is 4.79 Å². The highest BCUT2D eigenvalue weighted by Gasteiger charge is 2.10. The maximum atomic E-state index is 12.0. The number of amides is 1. The van der Waals surface area contributed by atoms with E-state index in [2.05, 4.69) is 15.4 Å². The van der Waals surface area contributed by atoms with Crippen LogP contribution < -0.4 is 15.4 Å². The predicted molar refractivity (Wildman–Crippen MR) is 74.1 cm³/mol. The fourth-order valence-corrected chi connectivity index (χ4v) is 1.49. The molecule has 112 valence electrons. The Balaban J connectivity index is 2.38. The molecule has 0 radical (unpaired) electrons. The lowest BCUT2D eigenvalue weighted by Gasteiger charge is -2.20. The number of alkyl halides is 2. The molecule has 20 heavy (non-hydrogen) atoms. The van der Waals surface area contributed by atoms with Crippen LogP contribution in [0.25, 0.3) is 0 Å². The van der Waals surface area contributed by atoms with E-state index in [1.807, 2.05) is 20.8 Å². The largest absolute Gasteiger partial charge is 0.435 e. The zero-order valence-corrected chi connectivity index (χ0v) is 11.9. The molecule has 0 aliphatic carbocycles. The molecule has 0 aromatic heterocycles. The summed E-state index contributed by atoms with van der Waals surface area (Å²) < 4.78 is 28.2. The highest BCUT2D eigenvalue weighted by molar-refractivity contribution is 5.90. The van der Waals surface area contributed by atoms with Gasteiger partial charge < -0.3 is 15.4 Å². The summed E-state index contributed by atoms with van der Waals surface area (Å²) in [6.07, 6.45) is 0.340. The van der Waals surface area contributed by atoms with E-state index in [1.165, 1.54) is 24.3 Å². The van der Waals surface area contributed by atoms with E-state index >= 15 is 0 Å². The molecule has 1 aromatic rings. The first-order chi connectivity index (χ1) is 9.26. The van der Waals surface area contributed by atoms with Gasteiger partial charge in [0, 0.05) is 24.2 Å². The number of rotatable bonds is 6. The van der Waals surface area contributed by atoms with E-state index in [0.717, 1.165) is 0 Å². The lowest BCUT2D eigenvalue weighted by molar-refractivity contribution is -0.116. The van der Waals surface area contributed by atoms with Crippen LogP contribution in [0.15, 0.2) is 24.3 Å². The fourth-order valence-electron chi connectivity index (χ4n) is 1.49. The molecular weight excluding hydrogens is 266 g/mol. The third-order valence-corrected chi connectivity index (χ3v) is 2.37. The molecule has 1 rings (SSSR count). The van der Waals surface area contributed by atoms with E-state index in [4.69, 9.17) is 0 Å². The Hall–Kier alpha value is -1.69. The van der Waals surface area contributed by atoms with E-state index in [1.54, 1.807) is 0 Å². The summed E-state index contributed by atoms with van der Waals surface area (Å²) in [7, 11) is 0. The molecule has 0 saturated carbocycles. The number of carbonyl (C=O) groups excluding carboxylic acids is 1. The summed E-state index contributed by atoms with van der Waals surface area (Å²) in [5.41, 5.74) is 0.515. The van der Waals surface area contributed by atoms with Gasteiger partial charge in [-0.25, -0.2) is 0 Å². The molecule has 0 saturated heterocycles. The summed E-state index contributed by atoms with van der Waals surface area (Å²) >= 11 is 0. The second kappa shape index (κ2) is 7.19. The first kappa shape index (κ1) is 16.4. The van der Waals surface area contributed by atoms with Gasteiger partial charge >= 0.3 is 6.61 Å². The summed E-state index contributed by atoms with van der Waals surface area (Å²) in [4.78, 5) is 11.7. The molecule has 4 nitrogen and oxygen atoms in total. The van der Waals surface area contributed by atoms with Crippen molar-refractivity contribution in [2.75, 3.05) is 11.9 Å². The van der Waals surface area contributed by atoms with E-state index in [-0.39, 0.29) is 17.2 Å². The average Bonchev–Trinajstić information content (AvgIpc) is 2.29. The van der Waals surface area contributed by atoms with Crippen LogP contribution >= 0.6 is 0 Å². The zero-order valence-electron chi connectivity index (χ0n) is 11.9. The number of benzene rings is 1. The normalized spacial score (nSPS) is 11.5. The summed E-state index contributed by atoms with van der Waals surface area (Å²) in [5, 5.41) is 5.89. The number of halogens is 2. The lowest BCUT2D eigenvalue weighted by atomic mass is 10.1. The minimum absolute atomic E-state index is 0.0332. The number of anilines is 1. The molecule has 0 unspecified atom stereocenters. The molecule has 0 aliphatic heterocycles. The van der Waals surface area contributed by atoms with Gasteiger partial charge in [0.1, 0.15) is 5.75 Å². The number of carbonyl (C=O) groups is 1. The van der Waals surface area contributed by atoms with Gasteiger partial charge in [-0.05, 0) is 45.0 Å². The van der Waals surface area contributed by atoms with E-state index in [9.17, 15) is 13.6 Å². The maximum absolute atomic E-state index is 12.0. The van der Waals surface area contributed by atoms with E-state index in [0.29, 0.717) is 18.7 Å². The van der Waals surface area contributed by atoms with Crippen LogP contribution in [0.2, 0.25) is 0 Å². The van der Waals surface area contributed by atoms with Gasteiger partial charge in [0.15, 0.2) is 0 Å². The van der Waals surface area contributed by atoms with Crippen LogP contribution in [-0.4, -0.2) is 24.6 Å². The van der Waals surface area contributed by atoms with Crippen molar-refractivity contribution >= 4 is 11.6 Å². The Labute approximate surface area is 117 Å². The Morgan fingerprint density at radius 1 is 1.25 bits per heavy atom. The van der Waals surface area contributed by atoms with Crippen LogP contribution in [0, 0.1) is 0 Å². The highest BCUT2D eigenvalue weighted by atomic mass is 19.3. The van der Waals surface area contributed by atoms with E-state index < -0.39 is 6.61 Å². The molecule has 0 atom stereocenters. The third kappa shape index (κ3) is 7.04. The van der Waals surface area contributed by atoms with Crippen molar-refractivity contribution in [3.8, 4) is 5.75 Å². The first-order valence-corrected chi connectivity index (χ1v) is 6.36. The molecule has 0 spiro atoms. The van der Waals surface area contributed by atoms with Crippen molar-refractivity contribution in [2.24, 2.45) is 0 Å². The van der Waals surface area contributed by atoms with Crippen LogP contribution in [0.5, 0.6) is 5.75 Å². The van der Waals surface area contributed by atoms with Gasteiger partial charge in [0.05, 0.1) is 0 Å². The molecule has 1 aromatic carbocycles. The third-order valence-electron chi connectivity index (χ3n) is 2.37. The van der Waals surface area contributed by atoms with Gasteiger partial charge in [-0.3, -0.25) is 4.79 Å². The van der Waals surface area contributed by atoms with Crippen molar-refractivity contribution in [3.05, 3.63) is 24.3 Å². The number of ether oxygens (including phenoxy) is 1. The van der Waals surface area contributed by atoms with Gasteiger partial charge in [-0.15, -0.1) is 0 Å². The molecular formula is C14H20F2N2O2. The molecule has 6 heteroatoms.